The fourth-order valence-electron chi connectivity index (χ4n) is 3.16. The minimum atomic E-state index is -4.54. The molecular formula is C18H20F3N5O2. The molecule has 2 aromatic rings. The Bertz CT molecular complexity index is 880. The number of carbonyl (C=O) groups excluding carboxylic acids is 1. The van der Waals surface area contributed by atoms with E-state index in [1.807, 2.05) is 0 Å². The van der Waals surface area contributed by atoms with Gasteiger partial charge in [0.2, 0.25) is 5.91 Å². The van der Waals surface area contributed by atoms with Gasteiger partial charge in [-0.15, -0.1) is 10.2 Å². The average molecular weight is 395 g/mol. The fourth-order valence-corrected chi connectivity index (χ4v) is 3.16. The molecule has 7 nitrogen and oxygen atoms in total. The van der Waals surface area contributed by atoms with Crippen LogP contribution in [0.3, 0.4) is 0 Å². The number of aryl methyl sites for hydroxylation is 1. The Labute approximate surface area is 159 Å². The summed E-state index contributed by atoms with van der Waals surface area (Å²) in [5.74, 6) is -0.395. The molecule has 28 heavy (non-hydrogen) atoms. The highest BCUT2D eigenvalue weighted by Gasteiger charge is 2.31. The molecule has 0 spiro atoms. The van der Waals surface area contributed by atoms with Crippen LogP contribution < -0.4 is 16.4 Å². The number of hydrogen-bond donors (Lipinski definition) is 4. The summed E-state index contributed by atoms with van der Waals surface area (Å²) in [7, 11) is 0. The van der Waals surface area contributed by atoms with Crippen molar-refractivity contribution in [1.82, 2.24) is 15.5 Å². The average Bonchev–Trinajstić information content (AvgIpc) is 2.62. The Hall–Kier alpha value is -2.88. The first-order chi connectivity index (χ1) is 13.1. The first kappa shape index (κ1) is 19.9. The summed E-state index contributed by atoms with van der Waals surface area (Å²) in [6.07, 6.45) is -3.20. The molecule has 10 heteroatoms. The number of nitrogens with zero attached hydrogens (tertiary/aromatic N) is 2. The van der Waals surface area contributed by atoms with E-state index in [1.165, 1.54) is 6.07 Å². The predicted molar refractivity (Wildman–Crippen MR) is 96.5 cm³/mol. The van der Waals surface area contributed by atoms with Crippen LogP contribution in [0, 0.1) is 6.92 Å². The van der Waals surface area contributed by atoms with Crippen LogP contribution in [0.5, 0.6) is 5.75 Å². The van der Waals surface area contributed by atoms with Crippen molar-refractivity contribution in [1.29, 1.82) is 0 Å². The molecule has 0 bridgehead atoms. The van der Waals surface area contributed by atoms with E-state index in [0.717, 1.165) is 12.5 Å². The SMILES string of the molecule is Cc1cc(N[C@@H]2CC[C@@H](C(N)=O)NC2)nnc1-c1ccc(C(F)(F)F)cc1O. The highest BCUT2D eigenvalue weighted by atomic mass is 19.4. The van der Waals surface area contributed by atoms with E-state index in [4.69, 9.17) is 5.73 Å². The molecular weight excluding hydrogens is 375 g/mol. The summed E-state index contributed by atoms with van der Waals surface area (Å²) in [6.45, 7) is 2.27. The molecule has 1 aliphatic heterocycles. The molecule has 1 aromatic carbocycles. The van der Waals surface area contributed by atoms with Crippen molar-refractivity contribution in [3.8, 4) is 17.0 Å². The number of phenolic OH excluding ortho intramolecular Hbond substituents is 1. The first-order valence-corrected chi connectivity index (χ1v) is 8.69. The van der Waals surface area contributed by atoms with Gasteiger partial charge < -0.3 is 21.5 Å². The van der Waals surface area contributed by atoms with E-state index in [2.05, 4.69) is 20.8 Å². The van der Waals surface area contributed by atoms with Crippen molar-refractivity contribution in [2.75, 3.05) is 11.9 Å². The van der Waals surface area contributed by atoms with Gasteiger partial charge in [-0.05, 0) is 49.6 Å². The lowest BCUT2D eigenvalue weighted by atomic mass is 10.00. The number of nitrogens with two attached hydrogens (primary N) is 1. The van der Waals surface area contributed by atoms with Crippen molar-refractivity contribution in [2.24, 2.45) is 5.73 Å². The van der Waals surface area contributed by atoms with Crippen LogP contribution in [0.2, 0.25) is 0 Å². The highest BCUT2D eigenvalue weighted by molar-refractivity contribution is 5.80. The molecule has 5 N–H and O–H groups in total. The normalized spacial score (nSPS) is 20.0. The molecule has 3 rings (SSSR count). The second kappa shape index (κ2) is 7.63. The maximum atomic E-state index is 12.7. The lowest BCUT2D eigenvalue weighted by molar-refractivity contribution is -0.137. The van der Waals surface area contributed by atoms with Crippen LogP contribution in [0.1, 0.15) is 24.0 Å². The Morgan fingerprint density at radius 2 is 2.04 bits per heavy atom. The van der Waals surface area contributed by atoms with Crippen molar-refractivity contribution in [3.05, 3.63) is 35.4 Å². The molecule has 2 atom stereocenters. The van der Waals surface area contributed by atoms with E-state index in [-0.39, 0.29) is 23.6 Å². The van der Waals surface area contributed by atoms with E-state index in [0.29, 0.717) is 36.1 Å². The molecule has 1 aromatic heterocycles. The van der Waals surface area contributed by atoms with Crippen molar-refractivity contribution >= 4 is 11.7 Å². The van der Waals surface area contributed by atoms with E-state index in [1.54, 1.807) is 13.0 Å². The number of benzene rings is 1. The standard InChI is InChI=1S/C18H20F3N5O2/c1-9-6-15(24-11-3-5-13(17(22)28)23-8-11)25-26-16(9)12-4-2-10(7-14(12)27)18(19,20)21/h2,4,6-7,11,13,23,27H,3,5,8H2,1H3,(H2,22,28)(H,24,25)/t11-,13+/m1/s1. The number of carbonyl (C=O) groups is 1. The van der Waals surface area contributed by atoms with Crippen molar-refractivity contribution < 1.29 is 23.1 Å². The van der Waals surface area contributed by atoms with Crippen LogP contribution in [-0.4, -0.2) is 39.8 Å². The van der Waals surface area contributed by atoms with Crippen molar-refractivity contribution in [2.45, 2.75) is 38.0 Å². The zero-order valence-corrected chi connectivity index (χ0v) is 15.0. The molecule has 0 saturated carbocycles. The van der Waals surface area contributed by atoms with Crippen LogP contribution in [-0.2, 0) is 11.0 Å². The quantitative estimate of drug-likeness (QED) is 0.631. The smallest absolute Gasteiger partial charge is 0.416 e. The Kier molecular flexibility index (Phi) is 5.41. The lowest BCUT2D eigenvalue weighted by Gasteiger charge is -2.29. The summed E-state index contributed by atoms with van der Waals surface area (Å²) < 4.78 is 38.2. The first-order valence-electron chi connectivity index (χ1n) is 8.69. The number of aromatic nitrogens is 2. The van der Waals surface area contributed by atoms with Crippen LogP contribution in [0.15, 0.2) is 24.3 Å². The number of hydrogen-bond acceptors (Lipinski definition) is 6. The van der Waals surface area contributed by atoms with Gasteiger partial charge in [0.1, 0.15) is 11.6 Å². The van der Waals surface area contributed by atoms with Gasteiger partial charge in [0, 0.05) is 18.2 Å². The number of piperidine rings is 1. The van der Waals surface area contributed by atoms with E-state index < -0.39 is 17.5 Å². The summed E-state index contributed by atoms with van der Waals surface area (Å²) >= 11 is 0. The molecule has 1 amide bonds. The van der Waals surface area contributed by atoms with Crippen LogP contribution >= 0.6 is 0 Å². The topological polar surface area (TPSA) is 113 Å². The summed E-state index contributed by atoms with van der Waals surface area (Å²) in [6, 6.07) is 4.15. The lowest BCUT2D eigenvalue weighted by Crippen LogP contribution is -2.50. The summed E-state index contributed by atoms with van der Waals surface area (Å²) in [5, 5.41) is 24.4. The zero-order chi connectivity index (χ0) is 20.5. The van der Waals surface area contributed by atoms with Gasteiger partial charge in [0.25, 0.3) is 0 Å². The Balaban J connectivity index is 1.74. The summed E-state index contributed by atoms with van der Waals surface area (Å²) in [4.78, 5) is 11.2. The minimum Gasteiger partial charge on any atom is -0.507 e. The molecule has 1 fully saturated rings. The number of halogens is 3. The Morgan fingerprint density at radius 3 is 2.57 bits per heavy atom. The van der Waals surface area contributed by atoms with Gasteiger partial charge >= 0.3 is 6.18 Å². The van der Waals surface area contributed by atoms with Crippen LogP contribution in [0.4, 0.5) is 19.0 Å². The predicted octanol–water partition coefficient (Wildman–Crippen LogP) is 2.19. The van der Waals surface area contributed by atoms with E-state index in [9.17, 15) is 23.1 Å². The van der Waals surface area contributed by atoms with Gasteiger partial charge in [-0.25, -0.2) is 0 Å². The molecule has 2 heterocycles. The Morgan fingerprint density at radius 1 is 1.29 bits per heavy atom. The number of rotatable bonds is 4. The fraction of sp³-hybridized carbons (Fsp3) is 0.389. The van der Waals surface area contributed by atoms with E-state index >= 15 is 0 Å². The molecule has 1 saturated heterocycles. The largest absolute Gasteiger partial charge is 0.507 e. The monoisotopic (exact) mass is 395 g/mol. The third kappa shape index (κ3) is 4.33. The second-order valence-electron chi connectivity index (χ2n) is 6.77. The number of nitrogens with one attached hydrogen (secondary N) is 2. The summed E-state index contributed by atoms with van der Waals surface area (Å²) in [5.41, 5.74) is 5.46. The van der Waals surface area contributed by atoms with Gasteiger partial charge in [0.05, 0.1) is 17.3 Å². The van der Waals surface area contributed by atoms with Gasteiger partial charge in [-0.2, -0.15) is 13.2 Å². The molecule has 1 aliphatic rings. The second-order valence-corrected chi connectivity index (χ2v) is 6.77. The molecule has 0 unspecified atom stereocenters. The zero-order valence-electron chi connectivity index (χ0n) is 15.0. The number of phenols is 1. The van der Waals surface area contributed by atoms with Crippen molar-refractivity contribution in [3.63, 3.8) is 0 Å². The van der Waals surface area contributed by atoms with Gasteiger partial charge in [0.15, 0.2) is 0 Å². The van der Waals surface area contributed by atoms with Gasteiger partial charge in [-0.3, -0.25) is 4.79 Å². The third-order valence-corrected chi connectivity index (χ3v) is 4.67. The number of aromatic hydroxyl groups is 1. The maximum Gasteiger partial charge on any atom is 0.416 e. The molecule has 150 valence electrons. The molecule has 0 radical (unpaired) electrons. The van der Waals surface area contributed by atoms with Gasteiger partial charge in [-0.1, -0.05) is 0 Å². The number of anilines is 1. The number of amides is 1. The highest BCUT2D eigenvalue weighted by Crippen LogP contribution is 2.36. The number of alkyl halides is 3. The minimum absolute atomic E-state index is 0.0367. The maximum absolute atomic E-state index is 12.7. The molecule has 0 aliphatic carbocycles. The third-order valence-electron chi connectivity index (χ3n) is 4.67. The number of primary amides is 1. The van der Waals surface area contributed by atoms with Crippen LogP contribution in [0.25, 0.3) is 11.3 Å².